The number of aromatic nitrogens is 2. The predicted octanol–water partition coefficient (Wildman–Crippen LogP) is 10.4. The molecule has 8 atom stereocenters. The zero-order valence-electron chi connectivity index (χ0n) is 44.2. The molecule has 1 aromatic rings. The van der Waals surface area contributed by atoms with Crippen LogP contribution in [0.1, 0.15) is 168 Å². The summed E-state index contributed by atoms with van der Waals surface area (Å²) in [5.74, 6) is -1.50. The number of unbranched alkanes of at least 4 members (excludes halogenated alkanes) is 13. The maximum atomic E-state index is 12.9. The summed E-state index contributed by atoms with van der Waals surface area (Å²) in [4.78, 5) is 62.0. The number of phosphoric ester groups is 2. The minimum atomic E-state index is -5.47. The molecule has 0 radical (unpaired) electrons. The fourth-order valence-electron chi connectivity index (χ4n) is 7.42. The van der Waals surface area contributed by atoms with Gasteiger partial charge in [0.15, 0.2) is 12.3 Å². The summed E-state index contributed by atoms with van der Waals surface area (Å²) in [6, 6.07) is 1.24. The van der Waals surface area contributed by atoms with E-state index >= 15 is 0 Å². The Balaban J connectivity index is 1.85. The first-order valence-electron chi connectivity index (χ1n) is 26.7. The van der Waals surface area contributed by atoms with Crippen molar-refractivity contribution in [1.29, 1.82) is 0 Å². The van der Waals surface area contributed by atoms with Crippen LogP contribution in [0.15, 0.2) is 102 Å². The summed E-state index contributed by atoms with van der Waals surface area (Å²) in [7, 11) is -10.9. The van der Waals surface area contributed by atoms with Gasteiger partial charge in [-0.05, 0) is 76.7 Å². The van der Waals surface area contributed by atoms with Crippen LogP contribution < -0.4 is 11.4 Å². The molecule has 19 nitrogen and oxygen atoms in total. The van der Waals surface area contributed by atoms with Gasteiger partial charge in [0.25, 0.3) is 0 Å². The topological polar surface area (TPSA) is 286 Å². The number of ether oxygens (including phenoxy) is 3. The Morgan fingerprint density at radius 1 is 0.720 bits per heavy atom. The van der Waals surface area contributed by atoms with Crippen LogP contribution in [-0.2, 0) is 46.3 Å². The Morgan fingerprint density at radius 2 is 1.31 bits per heavy atom. The summed E-state index contributed by atoms with van der Waals surface area (Å²) in [6.45, 7) is 1.87. The number of aliphatic hydroxyl groups is 3. The molecule has 1 saturated heterocycles. The van der Waals surface area contributed by atoms with Crippen LogP contribution in [0.3, 0.4) is 0 Å². The second-order valence-electron chi connectivity index (χ2n) is 18.2. The van der Waals surface area contributed by atoms with Crippen molar-refractivity contribution in [3.8, 4) is 0 Å². The number of nitrogen functional groups attached to an aromatic ring is 1. The number of esters is 2. The van der Waals surface area contributed by atoms with Crippen LogP contribution in [0.25, 0.3) is 0 Å². The maximum absolute atomic E-state index is 12.9. The van der Waals surface area contributed by atoms with Gasteiger partial charge in [0.05, 0.1) is 19.3 Å². The third-order valence-corrected chi connectivity index (χ3v) is 14.2. The number of carbonyl (C=O) groups excluding carboxylic acids is 2. The first-order chi connectivity index (χ1) is 36.1. The molecule has 7 N–H and O–H groups in total. The molecule has 424 valence electrons. The third-order valence-electron chi connectivity index (χ3n) is 11.6. The summed E-state index contributed by atoms with van der Waals surface area (Å²) in [5, 5.41) is 31.2. The van der Waals surface area contributed by atoms with E-state index in [0.717, 1.165) is 87.8 Å². The molecular weight excluding hydrogens is 1010 g/mol. The molecule has 0 amide bonds. The minimum Gasteiger partial charge on any atom is -0.462 e. The first-order valence-corrected chi connectivity index (χ1v) is 29.7. The lowest BCUT2D eigenvalue weighted by molar-refractivity contribution is -0.161. The fraction of sp³-hybridized carbons (Fsp3) is 0.630. The largest absolute Gasteiger partial charge is 0.481 e. The van der Waals surface area contributed by atoms with Gasteiger partial charge in [-0.1, -0.05) is 163 Å². The molecule has 1 aliphatic rings. The van der Waals surface area contributed by atoms with Crippen molar-refractivity contribution in [3.63, 3.8) is 0 Å². The molecule has 1 aliphatic heterocycles. The van der Waals surface area contributed by atoms with Crippen molar-refractivity contribution in [1.82, 2.24) is 9.55 Å². The highest BCUT2D eigenvalue weighted by atomic mass is 31.3. The van der Waals surface area contributed by atoms with Crippen LogP contribution in [0.4, 0.5) is 5.82 Å². The SMILES string of the molecule is CC/C=C\C/C=C\C/C=C\C/C=C\C=C/C(O)C/C=C\CCC(=O)O[C@H](COC(=O)CCCCCCCCC/C=C\CCCCCCCC)COP(=O)(O)OP(=O)(O)OC[C@H]1O[C@@H](n2ccc(N)nc2=O)[C@H](O)[C@@H]1O. The molecule has 1 aromatic heterocycles. The van der Waals surface area contributed by atoms with Crippen molar-refractivity contribution in [2.24, 2.45) is 0 Å². The number of anilines is 1. The van der Waals surface area contributed by atoms with Crippen LogP contribution in [-0.4, -0.2) is 96.9 Å². The molecule has 3 unspecified atom stereocenters. The molecule has 2 heterocycles. The van der Waals surface area contributed by atoms with E-state index in [1.165, 1.54) is 44.6 Å². The molecule has 0 aromatic carbocycles. The molecule has 75 heavy (non-hydrogen) atoms. The quantitative estimate of drug-likeness (QED) is 0.0116. The van der Waals surface area contributed by atoms with E-state index in [4.69, 9.17) is 29.0 Å². The monoisotopic (exact) mass is 1100 g/mol. The van der Waals surface area contributed by atoms with E-state index in [-0.39, 0.29) is 31.5 Å². The van der Waals surface area contributed by atoms with E-state index in [1.807, 2.05) is 12.2 Å². The second kappa shape index (κ2) is 41.1. The first kappa shape index (κ1) is 67.0. The lowest BCUT2D eigenvalue weighted by Gasteiger charge is -2.21. The normalized spacial score (nSPS) is 19.9. The zero-order valence-corrected chi connectivity index (χ0v) is 46.0. The van der Waals surface area contributed by atoms with E-state index < -0.39 is 89.8 Å². The highest BCUT2D eigenvalue weighted by molar-refractivity contribution is 7.61. The van der Waals surface area contributed by atoms with Gasteiger partial charge < -0.3 is 45.1 Å². The Bertz CT molecular complexity index is 2110. The average Bonchev–Trinajstić information content (AvgIpc) is 3.64. The van der Waals surface area contributed by atoms with Gasteiger partial charge in [-0.25, -0.2) is 13.9 Å². The number of nitrogens with two attached hydrogens (primary N) is 1. The van der Waals surface area contributed by atoms with Gasteiger partial charge in [0, 0.05) is 19.0 Å². The van der Waals surface area contributed by atoms with Crippen LogP contribution in [0.5, 0.6) is 0 Å². The number of rotatable bonds is 43. The number of nitrogens with zero attached hydrogens (tertiary/aromatic N) is 2. The Labute approximate surface area is 444 Å². The number of aliphatic hydroxyl groups excluding tert-OH is 3. The maximum Gasteiger partial charge on any atom is 0.481 e. The lowest BCUT2D eigenvalue weighted by atomic mass is 10.1. The number of phosphoric acid groups is 2. The molecular formula is C54H87N3O16P2. The zero-order chi connectivity index (χ0) is 55.0. The van der Waals surface area contributed by atoms with Crippen molar-refractivity contribution < 1.29 is 71.4 Å². The Morgan fingerprint density at radius 3 is 1.95 bits per heavy atom. The highest BCUT2D eigenvalue weighted by Crippen LogP contribution is 2.60. The van der Waals surface area contributed by atoms with Gasteiger partial charge >= 0.3 is 33.3 Å². The second-order valence-corrected chi connectivity index (χ2v) is 21.2. The predicted molar refractivity (Wildman–Crippen MR) is 290 cm³/mol. The van der Waals surface area contributed by atoms with Crippen molar-refractivity contribution >= 4 is 33.4 Å². The average molecular weight is 1100 g/mol. The van der Waals surface area contributed by atoms with Gasteiger partial charge in [0.1, 0.15) is 30.7 Å². The van der Waals surface area contributed by atoms with E-state index in [1.54, 1.807) is 24.3 Å². The van der Waals surface area contributed by atoms with Crippen molar-refractivity contribution in [2.45, 2.75) is 198 Å². The van der Waals surface area contributed by atoms with E-state index in [2.05, 4.69) is 71.8 Å². The number of hydrogen-bond acceptors (Lipinski definition) is 16. The molecule has 0 aliphatic carbocycles. The van der Waals surface area contributed by atoms with Gasteiger partial charge in [-0.3, -0.25) is 23.2 Å². The van der Waals surface area contributed by atoms with Crippen molar-refractivity contribution in [3.05, 3.63) is 108 Å². The molecule has 0 bridgehead atoms. The molecule has 0 saturated carbocycles. The van der Waals surface area contributed by atoms with E-state index in [9.17, 15) is 48.6 Å². The van der Waals surface area contributed by atoms with E-state index in [0.29, 0.717) is 6.42 Å². The van der Waals surface area contributed by atoms with Gasteiger partial charge in [-0.2, -0.15) is 9.29 Å². The molecule has 2 rings (SSSR count). The third kappa shape index (κ3) is 33.6. The number of allylic oxidation sites excluding steroid dienone is 12. The Kier molecular flexibility index (Phi) is 36.7. The summed E-state index contributed by atoms with van der Waals surface area (Å²) >= 11 is 0. The van der Waals surface area contributed by atoms with Gasteiger partial charge in [-0.15, -0.1) is 0 Å². The lowest BCUT2D eigenvalue weighted by Crippen LogP contribution is -2.36. The highest BCUT2D eigenvalue weighted by Gasteiger charge is 2.46. The molecule has 1 fully saturated rings. The fourth-order valence-corrected chi connectivity index (χ4v) is 9.53. The molecule has 21 heteroatoms. The number of hydrogen-bond donors (Lipinski definition) is 6. The van der Waals surface area contributed by atoms with Crippen molar-refractivity contribution in [2.75, 3.05) is 25.6 Å². The van der Waals surface area contributed by atoms with Crippen LogP contribution >= 0.6 is 15.6 Å². The smallest absolute Gasteiger partial charge is 0.462 e. The summed E-state index contributed by atoms with van der Waals surface area (Å²) in [5.41, 5.74) is 4.57. The standard InChI is InChI=1S/C54H87N3O16P2/c1-3-5-7-9-11-13-15-17-18-19-20-22-24-26-28-30-34-38-49(59)68-42-46(71-50(60)39-35-31-33-37-45(58)36-32-29-27-25-23-21-16-14-12-10-8-6-4-2)43-69-74(64,65)73-75(66,67)70-44-47-51(61)52(62)53(72-47)57-41-40-48(55)56-54(57)63/h6,8,12,14,17-18,21,23,27,29,31-33,36,40-41,45-47,51-53,58,61-62H,3-5,7,9-11,13,15-16,19-20,22,24-26,28,30,34-35,37-39,42-44H2,1-2H3,(H,64,65)(H,66,67)(H2,55,56,63)/b8-6-,14-12-,18-17-,23-21-,29-27-,33-31-,36-32-/t45?,46-,47-,51-,52-,53-/m1/s1. The number of carbonyl (C=O) groups is 2. The Hall–Kier alpha value is -4.10. The van der Waals surface area contributed by atoms with Crippen LogP contribution in [0, 0.1) is 0 Å². The molecule has 0 spiro atoms. The summed E-state index contributed by atoms with van der Waals surface area (Å²) < 4.78 is 56.7. The minimum absolute atomic E-state index is 0.0810. The van der Waals surface area contributed by atoms with Gasteiger partial charge in [0.2, 0.25) is 0 Å². The summed E-state index contributed by atoms with van der Waals surface area (Å²) in [6.07, 6.45) is 41.1. The van der Waals surface area contributed by atoms with Crippen LogP contribution in [0.2, 0.25) is 0 Å².